The number of benzene rings is 2. The Morgan fingerprint density at radius 3 is 2.32 bits per heavy atom. The van der Waals surface area contributed by atoms with E-state index in [2.05, 4.69) is 22.6 Å². The van der Waals surface area contributed by atoms with Gasteiger partial charge in [0.25, 0.3) is 0 Å². The zero-order chi connectivity index (χ0) is 13.1. The number of halogens is 3. The zero-order valence-electron chi connectivity index (χ0n) is 10.1. The number of hydrogen-bond acceptors (Lipinski definition) is 2. The minimum atomic E-state index is -0.286. The van der Waals surface area contributed by atoms with Crippen molar-refractivity contribution in [3.8, 4) is 16.9 Å². The van der Waals surface area contributed by atoms with Gasteiger partial charge < -0.3 is 10.8 Å². The van der Waals surface area contributed by atoms with Gasteiger partial charge in [0.05, 0.1) is 0 Å². The molecule has 0 saturated heterocycles. The third-order valence-electron chi connectivity index (χ3n) is 2.75. The maximum Gasteiger partial charge on any atom is 0.124 e. The lowest BCUT2D eigenvalue weighted by molar-refractivity contribution is 0.476. The smallest absolute Gasteiger partial charge is 0.124 e. The molecule has 0 heterocycles. The summed E-state index contributed by atoms with van der Waals surface area (Å²) in [7, 11) is 0. The monoisotopic (exact) mass is 393 g/mol. The van der Waals surface area contributed by atoms with Gasteiger partial charge in [-0.25, -0.2) is 4.39 Å². The van der Waals surface area contributed by atoms with Crippen LogP contribution in [0.4, 0.5) is 4.39 Å². The first kappa shape index (κ1) is 16.2. The molecule has 0 aliphatic carbocycles. The maximum absolute atomic E-state index is 12.9. The van der Waals surface area contributed by atoms with Crippen LogP contribution in [0, 0.1) is 9.39 Å². The molecule has 0 aliphatic heterocycles. The second kappa shape index (κ2) is 7.07. The average molecular weight is 394 g/mol. The van der Waals surface area contributed by atoms with Gasteiger partial charge >= 0.3 is 0 Å². The highest BCUT2D eigenvalue weighted by molar-refractivity contribution is 14.1. The molecule has 0 fully saturated rings. The predicted molar refractivity (Wildman–Crippen MR) is 86.2 cm³/mol. The van der Waals surface area contributed by atoms with Crippen molar-refractivity contribution in [2.24, 2.45) is 5.73 Å². The van der Waals surface area contributed by atoms with Crippen LogP contribution in [0.3, 0.4) is 0 Å². The van der Waals surface area contributed by atoms with E-state index in [0.717, 1.165) is 26.7 Å². The van der Waals surface area contributed by atoms with E-state index in [1.165, 1.54) is 12.1 Å². The second-order valence-electron chi connectivity index (χ2n) is 3.98. The molecule has 19 heavy (non-hydrogen) atoms. The zero-order valence-corrected chi connectivity index (χ0v) is 13.0. The molecule has 2 rings (SSSR count). The molecule has 0 aliphatic rings. The van der Waals surface area contributed by atoms with Crippen molar-refractivity contribution in [3.63, 3.8) is 0 Å². The van der Waals surface area contributed by atoms with Gasteiger partial charge in [-0.1, -0.05) is 18.2 Å². The molecule has 0 atom stereocenters. The standard InChI is InChI=1S/C14H13FINO.ClH/c15-11-4-1-9(2-5-11)13-12(18)6-3-10(7-8-17)14(13)16;/h1-6,18H,7-8,17H2;1H. The first-order valence-corrected chi connectivity index (χ1v) is 6.67. The average Bonchev–Trinajstić information content (AvgIpc) is 2.35. The highest BCUT2D eigenvalue weighted by atomic mass is 127. The molecular formula is C14H14ClFINO. The Kier molecular flexibility index (Phi) is 6.03. The fourth-order valence-corrected chi connectivity index (χ4v) is 2.89. The Bertz CT molecular complexity index is 560. The summed E-state index contributed by atoms with van der Waals surface area (Å²) in [5, 5.41) is 9.98. The summed E-state index contributed by atoms with van der Waals surface area (Å²) in [5.41, 5.74) is 8.19. The van der Waals surface area contributed by atoms with E-state index in [4.69, 9.17) is 5.73 Å². The Morgan fingerprint density at radius 2 is 1.74 bits per heavy atom. The van der Waals surface area contributed by atoms with Crippen LogP contribution in [-0.2, 0) is 6.42 Å². The van der Waals surface area contributed by atoms with Gasteiger partial charge in [0.15, 0.2) is 0 Å². The molecule has 0 aromatic heterocycles. The predicted octanol–water partition coefficient (Wildman–Crippen LogP) is 3.73. The van der Waals surface area contributed by atoms with Crippen molar-refractivity contribution in [1.29, 1.82) is 0 Å². The molecule has 0 spiro atoms. The Morgan fingerprint density at radius 1 is 1.11 bits per heavy atom. The molecule has 102 valence electrons. The van der Waals surface area contributed by atoms with Crippen LogP contribution in [0.2, 0.25) is 0 Å². The van der Waals surface area contributed by atoms with E-state index in [-0.39, 0.29) is 24.0 Å². The van der Waals surface area contributed by atoms with Gasteiger partial charge in [0.1, 0.15) is 11.6 Å². The Hall–Kier alpha value is -0.850. The molecule has 3 N–H and O–H groups in total. The first-order chi connectivity index (χ1) is 8.63. The molecule has 5 heteroatoms. The molecule has 2 aromatic carbocycles. The lowest BCUT2D eigenvalue weighted by Crippen LogP contribution is -2.04. The molecule has 0 bridgehead atoms. The van der Waals surface area contributed by atoms with Crippen molar-refractivity contribution >= 4 is 35.0 Å². The lowest BCUT2D eigenvalue weighted by Gasteiger charge is -2.12. The summed E-state index contributed by atoms with van der Waals surface area (Å²) in [6, 6.07) is 9.64. The second-order valence-corrected chi connectivity index (χ2v) is 5.06. The summed E-state index contributed by atoms with van der Waals surface area (Å²) in [5.74, 6) is -0.0851. The molecular weight excluding hydrogens is 380 g/mol. The quantitative estimate of drug-likeness (QED) is 0.781. The van der Waals surface area contributed by atoms with E-state index >= 15 is 0 Å². The van der Waals surface area contributed by atoms with Gasteiger partial charge in [-0.15, -0.1) is 12.4 Å². The first-order valence-electron chi connectivity index (χ1n) is 5.60. The largest absolute Gasteiger partial charge is 0.507 e. The number of phenolic OH excluding ortho intramolecular Hbond substituents is 1. The van der Waals surface area contributed by atoms with Crippen LogP contribution in [0.5, 0.6) is 5.75 Å². The minimum Gasteiger partial charge on any atom is -0.507 e. The topological polar surface area (TPSA) is 46.2 Å². The van der Waals surface area contributed by atoms with Crippen LogP contribution in [-0.4, -0.2) is 11.7 Å². The van der Waals surface area contributed by atoms with Gasteiger partial charge in [-0.2, -0.15) is 0 Å². The van der Waals surface area contributed by atoms with Gasteiger partial charge in [-0.3, -0.25) is 0 Å². The highest BCUT2D eigenvalue weighted by Crippen LogP contribution is 2.35. The summed E-state index contributed by atoms with van der Waals surface area (Å²) >= 11 is 2.19. The van der Waals surface area contributed by atoms with Crippen molar-refractivity contribution in [2.75, 3.05) is 6.54 Å². The van der Waals surface area contributed by atoms with E-state index < -0.39 is 0 Å². The van der Waals surface area contributed by atoms with Crippen molar-refractivity contribution < 1.29 is 9.50 Å². The van der Waals surface area contributed by atoms with Crippen molar-refractivity contribution in [2.45, 2.75) is 6.42 Å². The SMILES string of the molecule is Cl.NCCc1ccc(O)c(-c2ccc(F)cc2)c1I. The van der Waals surface area contributed by atoms with E-state index in [1.54, 1.807) is 18.2 Å². The minimum absolute atomic E-state index is 0. The number of aromatic hydroxyl groups is 1. The van der Waals surface area contributed by atoms with Gasteiger partial charge in [-0.05, 0) is 64.9 Å². The fourth-order valence-electron chi connectivity index (χ4n) is 1.85. The molecule has 0 unspecified atom stereocenters. The van der Waals surface area contributed by atoms with Crippen molar-refractivity contribution in [3.05, 3.63) is 51.3 Å². The van der Waals surface area contributed by atoms with E-state index in [9.17, 15) is 9.50 Å². The van der Waals surface area contributed by atoms with Crippen LogP contribution in [0.15, 0.2) is 36.4 Å². The van der Waals surface area contributed by atoms with Gasteiger partial charge in [0, 0.05) is 9.13 Å². The van der Waals surface area contributed by atoms with E-state index in [0.29, 0.717) is 6.54 Å². The third-order valence-corrected chi connectivity index (χ3v) is 3.98. The van der Waals surface area contributed by atoms with Crippen molar-refractivity contribution in [1.82, 2.24) is 0 Å². The molecule has 0 saturated carbocycles. The summed E-state index contributed by atoms with van der Waals surface area (Å²) in [6.07, 6.45) is 0.757. The van der Waals surface area contributed by atoms with Crippen LogP contribution in [0.25, 0.3) is 11.1 Å². The number of hydrogen-bond donors (Lipinski definition) is 2. The fraction of sp³-hybridized carbons (Fsp3) is 0.143. The summed E-state index contributed by atoms with van der Waals surface area (Å²) in [6.45, 7) is 0.559. The number of nitrogens with two attached hydrogens (primary N) is 1. The lowest BCUT2D eigenvalue weighted by atomic mass is 10.0. The van der Waals surface area contributed by atoms with Crippen LogP contribution in [0.1, 0.15) is 5.56 Å². The van der Waals surface area contributed by atoms with Gasteiger partial charge in [0.2, 0.25) is 0 Å². The van der Waals surface area contributed by atoms with Crippen LogP contribution < -0.4 is 5.73 Å². The Labute approximate surface area is 131 Å². The van der Waals surface area contributed by atoms with E-state index in [1.807, 2.05) is 6.07 Å². The number of phenols is 1. The highest BCUT2D eigenvalue weighted by Gasteiger charge is 2.12. The third kappa shape index (κ3) is 3.58. The molecule has 2 aromatic rings. The molecule has 0 radical (unpaired) electrons. The molecule has 2 nitrogen and oxygen atoms in total. The van der Waals surface area contributed by atoms with Crippen LogP contribution >= 0.6 is 35.0 Å². The summed E-state index contributed by atoms with van der Waals surface area (Å²) < 4.78 is 13.9. The molecule has 0 amide bonds. The summed E-state index contributed by atoms with van der Waals surface area (Å²) in [4.78, 5) is 0. The number of rotatable bonds is 3. The normalized spacial score (nSPS) is 10.1. The Balaban J connectivity index is 0.00000180. The maximum atomic E-state index is 12.9.